The van der Waals surface area contributed by atoms with Gasteiger partial charge in [0.1, 0.15) is 12.0 Å². The Hall–Kier alpha value is -1.82. The van der Waals surface area contributed by atoms with E-state index in [4.69, 9.17) is 21.8 Å². The molecule has 3 rings (SSSR count). The van der Waals surface area contributed by atoms with E-state index >= 15 is 0 Å². The number of hydrogen-bond acceptors (Lipinski definition) is 4. The molecule has 0 bridgehead atoms. The number of halogens is 1. The second-order valence-electron chi connectivity index (χ2n) is 5.25. The first-order chi connectivity index (χ1) is 10.7. The molecule has 5 nitrogen and oxygen atoms in total. The molecule has 2 aromatic rings. The maximum atomic E-state index is 12.8. The first-order valence-corrected chi connectivity index (χ1v) is 7.62. The molecule has 22 heavy (non-hydrogen) atoms. The maximum Gasteiger partial charge on any atom is 0.257 e. The average molecular weight is 320 g/mol. The highest BCUT2D eigenvalue weighted by atomic mass is 35.5. The number of amides is 1. The molecule has 0 radical (unpaired) electrons. The third-order valence-electron chi connectivity index (χ3n) is 3.87. The van der Waals surface area contributed by atoms with Crippen molar-refractivity contribution in [2.24, 2.45) is 5.73 Å². The highest BCUT2D eigenvalue weighted by molar-refractivity contribution is 6.31. The third-order valence-corrected chi connectivity index (χ3v) is 4.21. The zero-order chi connectivity index (χ0) is 15.5. The summed E-state index contributed by atoms with van der Waals surface area (Å²) in [5, 5.41) is 3.99. The lowest BCUT2D eigenvalue weighted by atomic mass is 10.0. The number of nitrogens with two attached hydrogens (primary N) is 1. The highest BCUT2D eigenvalue weighted by Crippen LogP contribution is 2.29. The van der Waals surface area contributed by atoms with Gasteiger partial charge in [0, 0.05) is 24.7 Å². The Bertz CT molecular complexity index is 671. The summed E-state index contributed by atoms with van der Waals surface area (Å²) in [6.45, 7) is 2.34. The smallest absolute Gasteiger partial charge is 0.257 e. The quantitative estimate of drug-likeness (QED) is 0.909. The molecule has 1 aromatic heterocycles. The largest absolute Gasteiger partial charge is 0.467 e. The minimum absolute atomic E-state index is 0.0603. The van der Waals surface area contributed by atoms with Gasteiger partial charge in [-0.25, -0.2) is 0 Å². The van der Waals surface area contributed by atoms with Gasteiger partial charge in [-0.1, -0.05) is 29.8 Å². The van der Waals surface area contributed by atoms with Crippen molar-refractivity contribution in [3.63, 3.8) is 0 Å². The fraction of sp³-hybridized carbons (Fsp3) is 0.312. The van der Waals surface area contributed by atoms with Crippen LogP contribution in [0.1, 0.15) is 27.7 Å². The van der Waals surface area contributed by atoms with Crippen LogP contribution in [0, 0.1) is 0 Å². The number of carbonyl (C=O) groups excluding carboxylic acids is 1. The fourth-order valence-corrected chi connectivity index (χ4v) is 3.00. The van der Waals surface area contributed by atoms with Gasteiger partial charge < -0.3 is 20.4 Å². The van der Waals surface area contributed by atoms with Crippen molar-refractivity contribution in [1.82, 2.24) is 10.2 Å². The number of furan rings is 1. The lowest BCUT2D eigenvalue weighted by Gasteiger charge is -2.36. The molecule has 6 heteroatoms. The van der Waals surface area contributed by atoms with Crippen LogP contribution in [-0.2, 0) is 6.54 Å². The number of benzene rings is 1. The van der Waals surface area contributed by atoms with E-state index < -0.39 is 0 Å². The summed E-state index contributed by atoms with van der Waals surface area (Å²) in [6.07, 6.45) is 1.47. The lowest BCUT2D eigenvalue weighted by Crippen LogP contribution is -2.48. The predicted molar refractivity (Wildman–Crippen MR) is 84.7 cm³/mol. The Morgan fingerprint density at radius 1 is 1.45 bits per heavy atom. The Balaban J connectivity index is 1.89. The number of hydrogen-bond donors (Lipinski definition) is 2. The minimum atomic E-state index is -0.0915. The Morgan fingerprint density at radius 2 is 2.27 bits per heavy atom. The summed E-state index contributed by atoms with van der Waals surface area (Å²) in [4.78, 5) is 14.6. The van der Waals surface area contributed by atoms with Gasteiger partial charge in [-0.15, -0.1) is 0 Å². The predicted octanol–water partition coefficient (Wildman–Crippen LogP) is 2.18. The van der Waals surface area contributed by atoms with Crippen molar-refractivity contribution in [2.75, 3.05) is 19.6 Å². The van der Waals surface area contributed by atoms with E-state index in [2.05, 4.69) is 5.32 Å². The Labute approximate surface area is 134 Å². The van der Waals surface area contributed by atoms with E-state index in [9.17, 15) is 4.79 Å². The molecule has 1 amide bonds. The number of nitrogens with one attached hydrogen (secondary N) is 1. The third kappa shape index (κ3) is 2.88. The van der Waals surface area contributed by atoms with Crippen molar-refractivity contribution in [3.05, 3.63) is 58.5 Å². The van der Waals surface area contributed by atoms with Gasteiger partial charge in [0.15, 0.2) is 0 Å². The summed E-state index contributed by atoms with van der Waals surface area (Å²) in [6, 6.07) is 9.24. The monoisotopic (exact) mass is 319 g/mol. The zero-order valence-electron chi connectivity index (χ0n) is 12.1. The van der Waals surface area contributed by atoms with Gasteiger partial charge in [0.25, 0.3) is 5.91 Å². The summed E-state index contributed by atoms with van der Waals surface area (Å²) in [5.41, 5.74) is 7.01. The summed E-state index contributed by atoms with van der Waals surface area (Å²) >= 11 is 6.30. The van der Waals surface area contributed by atoms with Gasteiger partial charge in [0.05, 0.1) is 18.2 Å². The molecular weight excluding hydrogens is 302 g/mol. The summed E-state index contributed by atoms with van der Waals surface area (Å²) in [7, 11) is 0. The van der Waals surface area contributed by atoms with Crippen LogP contribution in [-0.4, -0.2) is 30.4 Å². The molecule has 1 fully saturated rings. The van der Waals surface area contributed by atoms with Crippen LogP contribution in [0.3, 0.4) is 0 Å². The van der Waals surface area contributed by atoms with Crippen LogP contribution in [0.5, 0.6) is 0 Å². The van der Waals surface area contributed by atoms with Crippen LogP contribution in [0.15, 0.2) is 41.0 Å². The number of carbonyl (C=O) groups is 1. The maximum absolute atomic E-state index is 12.8. The van der Waals surface area contributed by atoms with Gasteiger partial charge in [0.2, 0.25) is 0 Å². The molecule has 0 aliphatic carbocycles. The van der Waals surface area contributed by atoms with E-state index in [1.54, 1.807) is 6.07 Å². The molecule has 1 atom stereocenters. The van der Waals surface area contributed by atoms with Crippen molar-refractivity contribution in [1.29, 1.82) is 0 Å². The molecule has 1 saturated heterocycles. The van der Waals surface area contributed by atoms with E-state index in [-0.39, 0.29) is 18.5 Å². The summed E-state index contributed by atoms with van der Waals surface area (Å²) in [5.74, 6) is 0.544. The van der Waals surface area contributed by atoms with Crippen LogP contribution in [0.2, 0.25) is 5.02 Å². The molecular formula is C16H18ClN3O2. The summed E-state index contributed by atoms with van der Waals surface area (Å²) < 4.78 is 5.28. The van der Waals surface area contributed by atoms with Crippen LogP contribution in [0.25, 0.3) is 0 Å². The van der Waals surface area contributed by atoms with Crippen LogP contribution >= 0.6 is 11.6 Å². The minimum Gasteiger partial charge on any atom is -0.467 e. The van der Waals surface area contributed by atoms with Gasteiger partial charge in [-0.3, -0.25) is 4.79 Å². The number of nitrogens with zero attached hydrogens (tertiary/aromatic N) is 1. The van der Waals surface area contributed by atoms with E-state index in [0.29, 0.717) is 29.4 Å². The van der Waals surface area contributed by atoms with Gasteiger partial charge in [-0.2, -0.15) is 0 Å². The average Bonchev–Trinajstić information content (AvgIpc) is 3.04. The molecule has 1 aliphatic rings. The first-order valence-electron chi connectivity index (χ1n) is 7.24. The van der Waals surface area contributed by atoms with Crippen molar-refractivity contribution in [3.8, 4) is 0 Å². The van der Waals surface area contributed by atoms with E-state index in [0.717, 1.165) is 12.1 Å². The molecule has 0 saturated carbocycles. The van der Waals surface area contributed by atoms with Crippen LogP contribution < -0.4 is 11.1 Å². The van der Waals surface area contributed by atoms with Crippen molar-refractivity contribution < 1.29 is 9.21 Å². The first kappa shape index (κ1) is 15.1. The standard InChI is InChI=1S/C16H18ClN3O2/c17-14-4-2-1-3-13(14)15-9-19-5-6-20(15)16(21)11-7-12(8-18)22-10-11/h1-4,7,10,15,19H,5-6,8-9,18H2/t15-/m1/s1. The molecule has 1 aromatic carbocycles. The van der Waals surface area contributed by atoms with Gasteiger partial charge in [-0.05, 0) is 17.7 Å². The molecule has 3 N–H and O–H groups in total. The highest BCUT2D eigenvalue weighted by Gasteiger charge is 2.30. The SMILES string of the molecule is NCc1cc(C(=O)N2CCNC[C@@H]2c2ccccc2Cl)co1. The van der Waals surface area contributed by atoms with Gasteiger partial charge >= 0.3 is 0 Å². The number of rotatable bonds is 3. The molecule has 0 unspecified atom stereocenters. The second-order valence-corrected chi connectivity index (χ2v) is 5.65. The second kappa shape index (κ2) is 6.52. The molecule has 1 aliphatic heterocycles. The van der Waals surface area contributed by atoms with Crippen molar-refractivity contribution >= 4 is 17.5 Å². The number of piperazine rings is 1. The normalized spacial score (nSPS) is 18.5. The Kier molecular flexibility index (Phi) is 4.47. The molecule has 116 valence electrons. The van der Waals surface area contributed by atoms with Crippen LogP contribution in [0.4, 0.5) is 0 Å². The molecule has 2 heterocycles. The topological polar surface area (TPSA) is 71.5 Å². The zero-order valence-corrected chi connectivity index (χ0v) is 12.8. The van der Waals surface area contributed by atoms with E-state index in [1.807, 2.05) is 29.2 Å². The van der Waals surface area contributed by atoms with E-state index in [1.165, 1.54) is 6.26 Å². The lowest BCUT2D eigenvalue weighted by molar-refractivity contribution is 0.0634. The molecule has 0 spiro atoms. The van der Waals surface area contributed by atoms with Crippen molar-refractivity contribution in [2.45, 2.75) is 12.6 Å². The Morgan fingerprint density at radius 3 is 3.00 bits per heavy atom. The fourth-order valence-electron chi connectivity index (χ4n) is 2.74.